The van der Waals surface area contributed by atoms with Crippen molar-refractivity contribution in [2.75, 3.05) is 26.4 Å². The first-order chi connectivity index (χ1) is 14.5. The van der Waals surface area contributed by atoms with Gasteiger partial charge in [0, 0.05) is 13.2 Å². The van der Waals surface area contributed by atoms with Crippen LogP contribution in [0.25, 0.3) is 6.08 Å². The molecule has 1 atom stereocenters. The summed E-state index contributed by atoms with van der Waals surface area (Å²) in [7, 11) is 0. The van der Waals surface area contributed by atoms with Gasteiger partial charge in [-0.2, -0.15) is 0 Å². The van der Waals surface area contributed by atoms with Gasteiger partial charge in [0.25, 0.3) is 5.91 Å². The highest BCUT2D eigenvalue weighted by Crippen LogP contribution is 2.26. The molecule has 3 rings (SSSR count). The standard InChI is InChI=1S/C22H26N2O6/c1-3-28-22(27)20-14(2)24-18(21(20)26)11-15-6-8-16(9-7-15)30-13-19(25)23-12-17-5-4-10-29-17/h6-9,11,17,26H,3-5,10,12-13H2,1-2H3,(H,23,25). The van der Waals surface area contributed by atoms with Crippen molar-refractivity contribution < 1.29 is 28.9 Å². The maximum atomic E-state index is 12.0. The average molecular weight is 414 g/mol. The summed E-state index contributed by atoms with van der Waals surface area (Å²) in [6, 6.07) is 6.98. The maximum absolute atomic E-state index is 12.0. The van der Waals surface area contributed by atoms with Gasteiger partial charge in [0.05, 0.1) is 18.4 Å². The van der Waals surface area contributed by atoms with Crippen LogP contribution in [0.3, 0.4) is 0 Å². The van der Waals surface area contributed by atoms with Gasteiger partial charge in [-0.1, -0.05) is 12.1 Å². The molecule has 0 aliphatic carbocycles. The number of hydrogen-bond acceptors (Lipinski definition) is 7. The van der Waals surface area contributed by atoms with Crippen LogP contribution in [0.5, 0.6) is 5.75 Å². The van der Waals surface area contributed by atoms with Gasteiger partial charge in [0.1, 0.15) is 17.0 Å². The van der Waals surface area contributed by atoms with Crippen molar-refractivity contribution in [1.82, 2.24) is 5.32 Å². The molecule has 0 bridgehead atoms. The van der Waals surface area contributed by atoms with Crippen LogP contribution in [0.1, 0.15) is 32.3 Å². The number of aliphatic hydroxyl groups is 1. The zero-order chi connectivity index (χ0) is 21.5. The van der Waals surface area contributed by atoms with Crippen LogP contribution >= 0.6 is 0 Å². The minimum Gasteiger partial charge on any atom is -0.505 e. The highest BCUT2D eigenvalue weighted by Gasteiger charge is 2.27. The van der Waals surface area contributed by atoms with Crippen LogP contribution in [-0.2, 0) is 19.1 Å². The van der Waals surface area contributed by atoms with E-state index in [1.807, 2.05) is 0 Å². The lowest BCUT2D eigenvalue weighted by Crippen LogP contribution is -2.35. The van der Waals surface area contributed by atoms with Crippen molar-refractivity contribution in [3.8, 4) is 5.75 Å². The predicted octanol–water partition coefficient (Wildman–Crippen LogP) is 2.55. The number of carbonyl (C=O) groups is 2. The molecule has 0 spiro atoms. The fourth-order valence-electron chi connectivity index (χ4n) is 3.19. The number of nitrogens with zero attached hydrogens (tertiary/aromatic N) is 1. The minimum atomic E-state index is -0.596. The number of hydrogen-bond donors (Lipinski definition) is 2. The highest BCUT2D eigenvalue weighted by molar-refractivity contribution is 6.22. The Kier molecular flexibility index (Phi) is 7.24. The fraction of sp³-hybridized carbons (Fsp3) is 0.409. The molecule has 2 N–H and O–H groups in total. The molecule has 0 aromatic heterocycles. The smallest absolute Gasteiger partial charge is 0.343 e. The summed E-state index contributed by atoms with van der Waals surface area (Å²) in [5.74, 6) is -0.452. The van der Waals surface area contributed by atoms with E-state index >= 15 is 0 Å². The van der Waals surface area contributed by atoms with E-state index in [9.17, 15) is 14.7 Å². The summed E-state index contributed by atoms with van der Waals surface area (Å²) >= 11 is 0. The maximum Gasteiger partial charge on any atom is 0.343 e. The van der Waals surface area contributed by atoms with E-state index < -0.39 is 5.97 Å². The fourth-order valence-corrected chi connectivity index (χ4v) is 3.19. The molecule has 2 heterocycles. The predicted molar refractivity (Wildman–Crippen MR) is 111 cm³/mol. The molecule has 30 heavy (non-hydrogen) atoms. The van der Waals surface area contributed by atoms with Crippen LogP contribution in [0, 0.1) is 0 Å². The van der Waals surface area contributed by atoms with E-state index in [-0.39, 0.29) is 42.3 Å². The number of aliphatic imine (C=N–C) groups is 1. The van der Waals surface area contributed by atoms with Gasteiger partial charge in [0.15, 0.2) is 12.4 Å². The molecule has 8 heteroatoms. The second kappa shape index (κ2) is 10.1. The van der Waals surface area contributed by atoms with Crippen molar-refractivity contribution in [2.24, 2.45) is 4.99 Å². The van der Waals surface area contributed by atoms with Crippen LogP contribution in [0.4, 0.5) is 0 Å². The third kappa shape index (κ3) is 5.48. The first kappa shape index (κ1) is 21.6. The summed E-state index contributed by atoms with van der Waals surface area (Å²) in [6.07, 6.45) is 3.75. The Hall–Kier alpha value is -3.13. The van der Waals surface area contributed by atoms with Gasteiger partial charge >= 0.3 is 5.97 Å². The summed E-state index contributed by atoms with van der Waals surface area (Å²) in [5.41, 5.74) is 1.54. The Balaban J connectivity index is 1.55. The monoisotopic (exact) mass is 414 g/mol. The first-order valence-corrected chi connectivity index (χ1v) is 9.97. The molecule has 1 aromatic carbocycles. The lowest BCUT2D eigenvalue weighted by atomic mass is 10.1. The van der Waals surface area contributed by atoms with Gasteiger partial charge in [-0.3, -0.25) is 4.79 Å². The Morgan fingerprint density at radius 1 is 1.33 bits per heavy atom. The van der Waals surface area contributed by atoms with Gasteiger partial charge in [-0.05, 0) is 50.5 Å². The van der Waals surface area contributed by atoms with E-state index in [4.69, 9.17) is 14.2 Å². The summed E-state index contributed by atoms with van der Waals surface area (Å²) in [5, 5.41) is 13.1. The van der Waals surface area contributed by atoms with Crippen molar-refractivity contribution in [1.29, 1.82) is 0 Å². The molecule has 1 saturated heterocycles. The van der Waals surface area contributed by atoms with Gasteiger partial charge < -0.3 is 24.6 Å². The second-order valence-electron chi connectivity index (χ2n) is 6.97. The van der Waals surface area contributed by atoms with Gasteiger partial charge in [-0.15, -0.1) is 0 Å². The normalized spacial score (nSPS) is 19.7. The molecular weight excluding hydrogens is 388 g/mol. The lowest BCUT2D eigenvalue weighted by Gasteiger charge is -2.11. The lowest BCUT2D eigenvalue weighted by molar-refractivity contribution is -0.138. The van der Waals surface area contributed by atoms with Crippen molar-refractivity contribution in [3.05, 3.63) is 46.9 Å². The van der Waals surface area contributed by atoms with Crippen LogP contribution in [-0.4, -0.2) is 55.2 Å². The van der Waals surface area contributed by atoms with Crippen LogP contribution < -0.4 is 10.1 Å². The summed E-state index contributed by atoms with van der Waals surface area (Å²) in [4.78, 5) is 28.1. The Morgan fingerprint density at radius 2 is 2.10 bits per heavy atom. The highest BCUT2D eigenvalue weighted by atomic mass is 16.5. The largest absolute Gasteiger partial charge is 0.505 e. The number of nitrogens with one attached hydrogen (secondary N) is 1. The van der Waals surface area contributed by atoms with Crippen molar-refractivity contribution in [3.63, 3.8) is 0 Å². The number of esters is 1. The molecule has 1 unspecified atom stereocenters. The van der Waals surface area contributed by atoms with E-state index in [0.29, 0.717) is 18.0 Å². The Morgan fingerprint density at radius 3 is 2.77 bits per heavy atom. The van der Waals surface area contributed by atoms with Crippen molar-refractivity contribution >= 4 is 23.7 Å². The molecule has 8 nitrogen and oxygen atoms in total. The molecule has 160 valence electrons. The number of aliphatic hydroxyl groups excluding tert-OH is 1. The first-order valence-electron chi connectivity index (χ1n) is 9.97. The van der Waals surface area contributed by atoms with Gasteiger partial charge in [-0.25, -0.2) is 9.79 Å². The third-order valence-electron chi connectivity index (χ3n) is 4.71. The van der Waals surface area contributed by atoms with Crippen LogP contribution in [0.15, 0.2) is 46.3 Å². The topological polar surface area (TPSA) is 106 Å². The number of ether oxygens (including phenoxy) is 3. The zero-order valence-corrected chi connectivity index (χ0v) is 17.1. The van der Waals surface area contributed by atoms with Gasteiger partial charge in [0.2, 0.25) is 0 Å². The minimum absolute atomic E-state index is 0.0803. The Bertz CT molecular complexity index is 879. The number of rotatable bonds is 8. The second-order valence-corrected chi connectivity index (χ2v) is 6.97. The van der Waals surface area contributed by atoms with E-state index in [1.54, 1.807) is 44.2 Å². The molecule has 0 radical (unpaired) electrons. The third-order valence-corrected chi connectivity index (χ3v) is 4.71. The summed E-state index contributed by atoms with van der Waals surface area (Å²) in [6.45, 7) is 4.73. The SMILES string of the molecule is CCOC(=O)C1=C(O)C(=Cc2ccc(OCC(=O)NCC3CCCO3)cc2)N=C1C. The molecule has 1 aromatic rings. The van der Waals surface area contributed by atoms with E-state index in [0.717, 1.165) is 25.0 Å². The summed E-state index contributed by atoms with van der Waals surface area (Å²) < 4.78 is 15.9. The molecule has 1 fully saturated rings. The van der Waals surface area contributed by atoms with Crippen LogP contribution in [0.2, 0.25) is 0 Å². The molecule has 2 aliphatic heterocycles. The zero-order valence-electron chi connectivity index (χ0n) is 17.1. The molecule has 0 saturated carbocycles. The van der Waals surface area contributed by atoms with E-state index in [1.165, 1.54) is 0 Å². The quantitative estimate of drug-likeness (QED) is 0.633. The average Bonchev–Trinajstić information content (AvgIpc) is 3.34. The van der Waals surface area contributed by atoms with E-state index in [2.05, 4.69) is 10.3 Å². The van der Waals surface area contributed by atoms with Crippen molar-refractivity contribution in [2.45, 2.75) is 32.8 Å². The molecular formula is C22H26N2O6. The number of benzene rings is 1. The Labute approximate surface area is 175 Å². The molecule has 2 aliphatic rings. The number of amides is 1. The molecule has 1 amide bonds. The number of carbonyl (C=O) groups excluding carboxylic acids is 2.